The maximum atomic E-state index is 14.2. The highest BCUT2D eigenvalue weighted by molar-refractivity contribution is 5.33. The van der Waals surface area contributed by atoms with E-state index in [2.05, 4.69) is 10.2 Å². The topological polar surface area (TPSA) is 24.5 Å². The molecule has 0 saturated carbocycles. The lowest BCUT2D eigenvalue weighted by Gasteiger charge is -2.42. The Kier molecular flexibility index (Phi) is 6.20. The van der Waals surface area contributed by atoms with Crippen LogP contribution in [0.2, 0.25) is 0 Å². The molecular formula is C20H21F5N2O. The third kappa shape index (κ3) is 3.84. The van der Waals surface area contributed by atoms with Crippen molar-refractivity contribution in [3.05, 3.63) is 65.0 Å². The zero-order chi connectivity index (χ0) is 20.3. The third-order valence-electron chi connectivity index (χ3n) is 5.11. The van der Waals surface area contributed by atoms with Crippen LogP contribution < -0.4 is 10.1 Å². The summed E-state index contributed by atoms with van der Waals surface area (Å²) in [5.74, 6) is -11.4. The number of benzene rings is 2. The van der Waals surface area contributed by atoms with Gasteiger partial charge in [0.1, 0.15) is 5.60 Å². The van der Waals surface area contributed by atoms with Gasteiger partial charge in [-0.15, -0.1) is 0 Å². The molecular weight excluding hydrogens is 379 g/mol. The molecule has 0 aliphatic carbocycles. The van der Waals surface area contributed by atoms with Gasteiger partial charge in [0.05, 0.1) is 0 Å². The van der Waals surface area contributed by atoms with Crippen molar-refractivity contribution in [2.24, 2.45) is 0 Å². The molecule has 28 heavy (non-hydrogen) atoms. The lowest BCUT2D eigenvalue weighted by Crippen LogP contribution is -2.47. The van der Waals surface area contributed by atoms with Gasteiger partial charge in [-0.05, 0) is 12.6 Å². The van der Waals surface area contributed by atoms with Crippen LogP contribution in [0.3, 0.4) is 0 Å². The van der Waals surface area contributed by atoms with Crippen LogP contribution in [0, 0.1) is 29.1 Å². The van der Waals surface area contributed by atoms with Crippen LogP contribution >= 0.6 is 0 Å². The number of hydrogen-bond acceptors (Lipinski definition) is 3. The van der Waals surface area contributed by atoms with E-state index in [1.165, 1.54) is 0 Å². The summed E-state index contributed by atoms with van der Waals surface area (Å²) in [5, 5.41) is 3.05. The van der Waals surface area contributed by atoms with Crippen molar-refractivity contribution in [1.29, 1.82) is 0 Å². The van der Waals surface area contributed by atoms with Crippen LogP contribution in [-0.4, -0.2) is 38.1 Å². The van der Waals surface area contributed by atoms with Crippen LogP contribution in [0.25, 0.3) is 0 Å². The molecule has 152 valence electrons. The summed E-state index contributed by atoms with van der Waals surface area (Å²) in [5.41, 5.74) is -0.553. The molecule has 2 aromatic rings. The summed E-state index contributed by atoms with van der Waals surface area (Å²) in [6, 6.07) is 8.72. The molecule has 1 aliphatic heterocycles. The average molecular weight is 400 g/mol. The molecule has 1 fully saturated rings. The van der Waals surface area contributed by atoms with Gasteiger partial charge in [-0.3, -0.25) is 0 Å². The monoisotopic (exact) mass is 400 g/mol. The van der Waals surface area contributed by atoms with Crippen molar-refractivity contribution < 1.29 is 26.7 Å². The first-order valence-electron chi connectivity index (χ1n) is 9.02. The number of nitrogens with one attached hydrogen (secondary N) is 1. The van der Waals surface area contributed by atoms with E-state index in [0.29, 0.717) is 31.5 Å². The van der Waals surface area contributed by atoms with Gasteiger partial charge < -0.3 is 15.0 Å². The summed E-state index contributed by atoms with van der Waals surface area (Å²) >= 11 is 0. The van der Waals surface area contributed by atoms with Gasteiger partial charge in [-0.25, -0.2) is 13.2 Å². The Morgan fingerprint density at radius 1 is 0.893 bits per heavy atom. The zero-order valence-electron chi connectivity index (χ0n) is 15.4. The van der Waals surface area contributed by atoms with Crippen LogP contribution in [0.4, 0.5) is 22.0 Å². The molecule has 0 spiro atoms. The summed E-state index contributed by atoms with van der Waals surface area (Å²) in [4.78, 5) is 2.15. The highest BCUT2D eigenvalue weighted by Gasteiger charge is 2.41. The Balaban J connectivity index is 1.97. The molecule has 0 amide bonds. The van der Waals surface area contributed by atoms with Gasteiger partial charge in [0.15, 0.2) is 5.75 Å². The number of ether oxygens (including phenoxy) is 1. The van der Waals surface area contributed by atoms with Gasteiger partial charge in [0, 0.05) is 39.0 Å². The Bertz CT molecular complexity index is 794. The lowest BCUT2D eigenvalue weighted by molar-refractivity contribution is -0.00939. The number of rotatable bonds is 6. The number of piperidine rings is 1. The molecule has 0 atom stereocenters. The van der Waals surface area contributed by atoms with Crippen LogP contribution in [0.1, 0.15) is 18.4 Å². The fraction of sp³-hybridized carbons (Fsp3) is 0.400. The van der Waals surface area contributed by atoms with Gasteiger partial charge in [-0.1, -0.05) is 30.3 Å². The molecule has 1 aliphatic rings. The van der Waals surface area contributed by atoms with Crippen molar-refractivity contribution in [3.63, 3.8) is 0 Å². The third-order valence-corrected chi connectivity index (χ3v) is 5.11. The molecule has 0 unspecified atom stereocenters. The van der Waals surface area contributed by atoms with Crippen molar-refractivity contribution >= 4 is 0 Å². The smallest absolute Gasteiger partial charge is 0.207 e. The van der Waals surface area contributed by atoms with Crippen LogP contribution in [-0.2, 0) is 5.60 Å². The van der Waals surface area contributed by atoms with Crippen LogP contribution in [0.15, 0.2) is 30.3 Å². The molecule has 1 saturated heterocycles. The Labute approximate surface area is 160 Å². The van der Waals surface area contributed by atoms with E-state index in [1.807, 2.05) is 7.05 Å². The van der Waals surface area contributed by atoms with E-state index in [-0.39, 0.29) is 0 Å². The number of halogens is 5. The minimum atomic E-state index is -2.20. The predicted molar refractivity (Wildman–Crippen MR) is 94.6 cm³/mol. The number of nitrogens with zero attached hydrogens (tertiary/aromatic N) is 1. The quantitative estimate of drug-likeness (QED) is 0.451. The normalized spacial score (nSPS) is 16.9. The molecule has 2 aromatic carbocycles. The van der Waals surface area contributed by atoms with Gasteiger partial charge >= 0.3 is 0 Å². The fourth-order valence-electron chi connectivity index (χ4n) is 3.47. The first-order valence-corrected chi connectivity index (χ1v) is 9.02. The zero-order valence-corrected chi connectivity index (χ0v) is 15.4. The van der Waals surface area contributed by atoms with Crippen molar-refractivity contribution in [2.45, 2.75) is 18.4 Å². The van der Waals surface area contributed by atoms with E-state index in [9.17, 15) is 22.0 Å². The van der Waals surface area contributed by atoms with E-state index in [1.54, 1.807) is 30.3 Å². The van der Waals surface area contributed by atoms with E-state index >= 15 is 0 Å². The maximum Gasteiger partial charge on any atom is 0.207 e. The van der Waals surface area contributed by atoms with Crippen LogP contribution in [0.5, 0.6) is 5.75 Å². The number of hydrogen-bond donors (Lipinski definition) is 1. The Morgan fingerprint density at radius 3 is 1.96 bits per heavy atom. The minimum absolute atomic E-state index is 0.347. The van der Waals surface area contributed by atoms with Gasteiger partial charge in [-0.2, -0.15) is 8.78 Å². The molecule has 1 N–H and O–H groups in total. The maximum absolute atomic E-state index is 14.2. The van der Waals surface area contributed by atoms with Crippen molar-refractivity contribution in [3.8, 4) is 5.75 Å². The number of likely N-dealkylation sites (tertiary alicyclic amines) is 1. The second-order valence-electron chi connectivity index (χ2n) is 6.81. The lowest BCUT2D eigenvalue weighted by atomic mass is 9.84. The molecule has 3 nitrogen and oxygen atoms in total. The standard InChI is InChI=1S/C20H21F5N2O/c1-26-9-12-27-10-7-20(8-11-27,13-5-3-2-4-6-13)28-19-17(24)15(22)14(21)16(23)18(19)25/h2-6,26H,7-12H2,1H3. The largest absolute Gasteiger partial charge is 0.476 e. The molecule has 3 rings (SSSR count). The van der Waals surface area contributed by atoms with Gasteiger partial charge in [0.2, 0.25) is 29.1 Å². The second-order valence-corrected chi connectivity index (χ2v) is 6.81. The predicted octanol–water partition coefficient (Wildman–Crippen LogP) is 3.97. The molecule has 0 aromatic heterocycles. The fourth-order valence-corrected chi connectivity index (χ4v) is 3.47. The SMILES string of the molecule is CNCCN1CCC(Oc2c(F)c(F)c(F)c(F)c2F)(c2ccccc2)CC1. The van der Waals surface area contributed by atoms with Crippen molar-refractivity contribution in [2.75, 3.05) is 33.2 Å². The van der Waals surface area contributed by atoms with E-state index in [4.69, 9.17) is 4.74 Å². The molecule has 0 bridgehead atoms. The Hall–Kier alpha value is -2.19. The molecule has 1 heterocycles. The highest BCUT2D eigenvalue weighted by Crippen LogP contribution is 2.41. The molecule has 0 radical (unpaired) electrons. The van der Waals surface area contributed by atoms with Gasteiger partial charge in [0.25, 0.3) is 0 Å². The highest BCUT2D eigenvalue weighted by atomic mass is 19.2. The minimum Gasteiger partial charge on any atom is -0.476 e. The summed E-state index contributed by atoms with van der Waals surface area (Å²) in [6.07, 6.45) is 0.695. The molecule has 8 heteroatoms. The summed E-state index contributed by atoms with van der Waals surface area (Å²) < 4.78 is 74.7. The average Bonchev–Trinajstić information content (AvgIpc) is 2.74. The number of likely N-dealkylation sites (N-methyl/N-ethyl adjacent to an activating group) is 1. The second kappa shape index (κ2) is 8.45. The van der Waals surface area contributed by atoms with Crippen molar-refractivity contribution in [1.82, 2.24) is 10.2 Å². The van der Waals surface area contributed by atoms with E-state index < -0.39 is 40.4 Å². The first-order chi connectivity index (χ1) is 13.4. The first kappa shape index (κ1) is 20.5. The Morgan fingerprint density at radius 2 is 1.43 bits per heavy atom. The summed E-state index contributed by atoms with van der Waals surface area (Å²) in [7, 11) is 1.84. The van der Waals surface area contributed by atoms with E-state index in [0.717, 1.165) is 13.1 Å². The summed E-state index contributed by atoms with van der Waals surface area (Å²) in [6.45, 7) is 2.68.